The second-order valence-electron chi connectivity index (χ2n) is 5.47. The molecule has 1 N–H and O–H groups in total. The van der Waals surface area contributed by atoms with Gasteiger partial charge in [0.25, 0.3) is 0 Å². The van der Waals surface area contributed by atoms with Crippen LogP contribution < -0.4 is 0 Å². The molecule has 0 amide bonds. The molecule has 0 spiro atoms. The van der Waals surface area contributed by atoms with E-state index in [2.05, 4.69) is 60.7 Å². The fourth-order valence-corrected chi connectivity index (χ4v) is 3.24. The Morgan fingerprint density at radius 1 is 0.789 bits per heavy atom. The van der Waals surface area contributed by atoms with Gasteiger partial charge in [0.1, 0.15) is 0 Å². The Morgan fingerprint density at radius 2 is 1.42 bits per heavy atom. The molecule has 3 rings (SSSR count). The van der Waals surface area contributed by atoms with Crippen LogP contribution in [0, 0.1) is 11.8 Å². The van der Waals surface area contributed by atoms with Crippen LogP contribution in [0.5, 0.6) is 0 Å². The van der Waals surface area contributed by atoms with Crippen LogP contribution in [0.3, 0.4) is 0 Å². The first kappa shape index (κ1) is 12.4. The Bertz CT molecular complexity index is 506. The maximum atomic E-state index is 9.51. The van der Waals surface area contributed by atoms with E-state index in [-0.39, 0.29) is 0 Å². The lowest BCUT2D eigenvalue weighted by Gasteiger charge is -2.01. The second-order valence-corrected chi connectivity index (χ2v) is 5.47. The molecule has 1 aliphatic rings. The van der Waals surface area contributed by atoms with Crippen molar-refractivity contribution in [2.24, 2.45) is 11.8 Å². The molecule has 19 heavy (non-hydrogen) atoms. The van der Waals surface area contributed by atoms with E-state index in [1.807, 2.05) is 0 Å². The molecule has 2 aromatic carbocycles. The Balaban J connectivity index is 1.63. The molecule has 1 saturated carbocycles. The normalized spacial score (nSPS) is 25.2. The average Bonchev–Trinajstić information content (AvgIpc) is 3.20. The van der Waals surface area contributed by atoms with Crippen molar-refractivity contribution in [1.82, 2.24) is 0 Å². The number of aliphatic hydroxyl groups is 1. The van der Waals surface area contributed by atoms with E-state index in [9.17, 15) is 5.11 Å². The van der Waals surface area contributed by atoms with Gasteiger partial charge in [-0.15, -0.1) is 0 Å². The van der Waals surface area contributed by atoms with Crippen LogP contribution in [0.25, 0.3) is 0 Å². The second kappa shape index (κ2) is 5.58. The molecule has 0 aliphatic heterocycles. The van der Waals surface area contributed by atoms with Gasteiger partial charge in [-0.05, 0) is 41.7 Å². The predicted molar refractivity (Wildman–Crippen MR) is 78.0 cm³/mol. The van der Waals surface area contributed by atoms with Crippen molar-refractivity contribution in [3.63, 3.8) is 0 Å². The highest BCUT2D eigenvalue weighted by Crippen LogP contribution is 2.55. The molecular formula is C18H20O. The fraction of sp³-hybridized carbons (Fsp3) is 0.333. The highest BCUT2D eigenvalue weighted by molar-refractivity contribution is 5.28. The van der Waals surface area contributed by atoms with Gasteiger partial charge in [0.05, 0.1) is 0 Å². The number of hydrogen-bond donors (Lipinski definition) is 1. The summed E-state index contributed by atoms with van der Waals surface area (Å²) in [7, 11) is 0. The first-order valence-corrected chi connectivity index (χ1v) is 7.10. The summed E-state index contributed by atoms with van der Waals surface area (Å²) >= 11 is 0. The van der Waals surface area contributed by atoms with Gasteiger partial charge in [-0.3, -0.25) is 0 Å². The van der Waals surface area contributed by atoms with Crippen LogP contribution in [-0.4, -0.2) is 11.7 Å². The molecule has 0 unspecified atom stereocenters. The lowest BCUT2D eigenvalue weighted by molar-refractivity contribution is 0.266. The van der Waals surface area contributed by atoms with Gasteiger partial charge in [0.15, 0.2) is 0 Å². The van der Waals surface area contributed by atoms with Crippen LogP contribution in [0.15, 0.2) is 60.7 Å². The van der Waals surface area contributed by atoms with Gasteiger partial charge in [0.2, 0.25) is 0 Å². The molecule has 1 fully saturated rings. The fourth-order valence-electron chi connectivity index (χ4n) is 3.24. The maximum absolute atomic E-state index is 9.51. The standard InChI is InChI=1S/C18H20O/c19-13-17-16(12-11-14-7-3-1-4-8-14)18(17)15-9-5-2-6-10-15/h1-10,16-19H,11-13H2/t16-,17-,18-/m1/s1. The summed E-state index contributed by atoms with van der Waals surface area (Å²) in [6.45, 7) is 0.318. The van der Waals surface area contributed by atoms with Crippen LogP contribution in [-0.2, 0) is 6.42 Å². The van der Waals surface area contributed by atoms with Crippen molar-refractivity contribution in [3.8, 4) is 0 Å². The van der Waals surface area contributed by atoms with Gasteiger partial charge in [0, 0.05) is 6.61 Å². The minimum Gasteiger partial charge on any atom is -0.396 e. The smallest absolute Gasteiger partial charge is 0.0468 e. The largest absolute Gasteiger partial charge is 0.396 e. The highest BCUT2D eigenvalue weighted by Gasteiger charge is 2.49. The molecule has 1 heteroatoms. The quantitative estimate of drug-likeness (QED) is 0.861. The summed E-state index contributed by atoms with van der Waals surface area (Å²) in [5.74, 6) is 1.67. The third kappa shape index (κ3) is 2.71. The SMILES string of the molecule is OC[C@@H]1[C@@H](CCc2ccccc2)[C@H]1c1ccccc1. The molecule has 2 aromatic rings. The Morgan fingerprint density at radius 3 is 2.05 bits per heavy atom. The first-order chi connectivity index (χ1) is 9.40. The Kier molecular flexibility index (Phi) is 3.65. The van der Waals surface area contributed by atoms with E-state index in [1.165, 1.54) is 17.5 Å². The minimum atomic E-state index is 0.318. The van der Waals surface area contributed by atoms with E-state index in [4.69, 9.17) is 0 Å². The van der Waals surface area contributed by atoms with Crippen molar-refractivity contribution in [3.05, 3.63) is 71.8 Å². The summed E-state index contributed by atoms with van der Waals surface area (Å²) < 4.78 is 0. The molecule has 98 valence electrons. The van der Waals surface area contributed by atoms with Crippen LogP contribution in [0.1, 0.15) is 23.5 Å². The third-order valence-corrected chi connectivity index (χ3v) is 4.34. The van der Waals surface area contributed by atoms with Crippen molar-refractivity contribution in [2.75, 3.05) is 6.61 Å². The summed E-state index contributed by atoms with van der Waals surface area (Å²) in [6, 6.07) is 21.3. The van der Waals surface area contributed by atoms with E-state index in [1.54, 1.807) is 0 Å². The van der Waals surface area contributed by atoms with Crippen molar-refractivity contribution in [1.29, 1.82) is 0 Å². The molecule has 0 saturated heterocycles. The van der Waals surface area contributed by atoms with Crippen molar-refractivity contribution in [2.45, 2.75) is 18.8 Å². The van der Waals surface area contributed by atoms with Crippen LogP contribution in [0.4, 0.5) is 0 Å². The zero-order valence-corrected chi connectivity index (χ0v) is 11.1. The van der Waals surface area contributed by atoms with E-state index >= 15 is 0 Å². The zero-order valence-electron chi connectivity index (χ0n) is 11.1. The number of aryl methyl sites for hydroxylation is 1. The van der Waals surface area contributed by atoms with Crippen LogP contribution in [0.2, 0.25) is 0 Å². The van der Waals surface area contributed by atoms with Crippen molar-refractivity contribution >= 4 is 0 Å². The number of aliphatic hydroxyl groups excluding tert-OH is 1. The molecule has 1 nitrogen and oxygen atoms in total. The molecule has 0 radical (unpaired) electrons. The van der Waals surface area contributed by atoms with Gasteiger partial charge in [-0.25, -0.2) is 0 Å². The maximum Gasteiger partial charge on any atom is 0.0468 e. The predicted octanol–water partition coefficient (Wildman–Crippen LogP) is 3.64. The Labute approximate surface area is 114 Å². The summed E-state index contributed by atoms with van der Waals surface area (Å²) in [5.41, 5.74) is 2.79. The molecule has 0 bridgehead atoms. The topological polar surface area (TPSA) is 20.2 Å². The molecule has 0 aromatic heterocycles. The van der Waals surface area contributed by atoms with E-state index in [0.717, 1.165) is 6.42 Å². The number of rotatable bonds is 5. The van der Waals surface area contributed by atoms with Gasteiger partial charge in [-0.1, -0.05) is 60.7 Å². The molecule has 3 atom stereocenters. The highest BCUT2D eigenvalue weighted by atomic mass is 16.3. The van der Waals surface area contributed by atoms with E-state index in [0.29, 0.717) is 24.4 Å². The van der Waals surface area contributed by atoms with Gasteiger partial charge >= 0.3 is 0 Å². The summed E-state index contributed by atoms with van der Waals surface area (Å²) in [6.07, 6.45) is 2.29. The number of hydrogen-bond acceptors (Lipinski definition) is 1. The van der Waals surface area contributed by atoms with E-state index < -0.39 is 0 Å². The molecule has 0 heterocycles. The minimum absolute atomic E-state index is 0.318. The first-order valence-electron chi connectivity index (χ1n) is 7.10. The lowest BCUT2D eigenvalue weighted by atomic mass is 10.0. The number of benzene rings is 2. The lowest BCUT2D eigenvalue weighted by Crippen LogP contribution is -1.91. The summed E-state index contributed by atoms with van der Waals surface area (Å²) in [5, 5.41) is 9.51. The third-order valence-electron chi connectivity index (χ3n) is 4.34. The monoisotopic (exact) mass is 252 g/mol. The van der Waals surface area contributed by atoms with Crippen LogP contribution >= 0.6 is 0 Å². The Hall–Kier alpha value is -1.60. The zero-order chi connectivity index (χ0) is 13.1. The molecule has 1 aliphatic carbocycles. The molecular weight excluding hydrogens is 232 g/mol. The summed E-state index contributed by atoms with van der Waals surface area (Å²) in [4.78, 5) is 0. The average molecular weight is 252 g/mol. The van der Waals surface area contributed by atoms with Gasteiger partial charge in [-0.2, -0.15) is 0 Å². The van der Waals surface area contributed by atoms with Crippen molar-refractivity contribution < 1.29 is 5.11 Å². The van der Waals surface area contributed by atoms with Gasteiger partial charge < -0.3 is 5.11 Å².